The number of ether oxygens (including phenoxy) is 1. The normalized spacial score (nSPS) is 19.5. The first kappa shape index (κ1) is 21.6. The highest BCUT2D eigenvalue weighted by Gasteiger charge is 2.44. The fraction of sp³-hybridized carbons (Fsp3) is 0.632. The second-order valence-electron chi connectivity index (χ2n) is 7.27. The van der Waals surface area contributed by atoms with Gasteiger partial charge in [0.1, 0.15) is 12.5 Å². The molecule has 1 aromatic rings. The van der Waals surface area contributed by atoms with Crippen LogP contribution in [0.4, 0.5) is 32.4 Å². The van der Waals surface area contributed by atoms with Crippen molar-refractivity contribution in [3.63, 3.8) is 0 Å². The monoisotopic (exact) mass is 421 g/mol. The van der Waals surface area contributed by atoms with E-state index in [1.54, 1.807) is 6.07 Å². The van der Waals surface area contributed by atoms with E-state index in [9.17, 15) is 26.7 Å². The summed E-state index contributed by atoms with van der Waals surface area (Å²) in [4.78, 5) is 17.1. The van der Waals surface area contributed by atoms with Crippen molar-refractivity contribution in [3.05, 3.63) is 29.6 Å². The Kier molecular flexibility index (Phi) is 6.81. The largest absolute Gasteiger partial charge is 0.434 e. The van der Waals surface area contributed by atoms with Gasteiger partial charge < -0.3 is 14.5 Å². The van der Waals surface area contributed by atoms with E-state index in [2.05, 4.69) is 4.74 Å². The summed E-state index contributed by atoms with van der Waals surface area (Å²) >= 11 is 0. The number of carbonyl (C=O) groups is 1. The van der Waals surface area contributed by atoms with Gasteiger partial charge in [0.25, 0.3) is 0 Å². The zero-order chi connectivity index (χ0) is 21.0. The van der Waals surface area contributed by atoms with Crippen LogP contribution in [-0.4, -0.2) is 74.1 Å². The number of hydrogen-bond donors (Lipinski definition) is 0. The fourth-order valence-electron chi connectivity index (χ4n) is 3.69. The minimum absolute atomic E-state index is 0.157. The fourth-order valence-corrected chi connectivity index (χ4v) is 3.69. The standard InChI is InChI=1S/C19H24F5N3O2/c20-12-16(19(22,23)24)29-18(28)27-10-8-25(9-11-27)13-14-4-3-5-15(21)17(14)26-6-1-2-7-26/h3-5,16H,1-2,6-13H2. The van der Waals surface area contributed by atoms with Crippen molar-refractivity contribution < 1.29 is 31.5 Å². The van der Waals surface area contributed by atoms with Gasteiger partial charge in [-0.25, -0.2) is 13.6 Å². The van der Waals surface area contributed by atoms with Crippen molar-refractivity contribution in [2.75, 3.05) is 50.8 Å². The number of para-hydroxylation sites is 1. The van der Waals surface area contributed by atoms with Crippen LogP contribution in [0.25, 0.3) is 0 Å². The van der Waals surface area contributed by atoms with Gasteiger partial charge in [0.05, 0.1) is 5.69 Å². The maximum atomic E-state index is 14.4. The van der Waals surface area contributed by atoms with E-state index >= 15 is 0 Å². The van der Waals surface area contributed by atoms with Crippen LogP contribution in [0, 0.1) is 5.82 Å². The van der Waals surface area contributed by atoms with Crippen molar-refractivity contribution in [2.24, 2.45) is 0 Å². The highest BCUT2D eigenvalue weighted by molar-refractivity contribution is 5.68. The minimum Gasteiger partial charge on any atom is -0.434 e. The van der Waals surface area contributed by atoms with E-state index < -0.39 is 25.0 Å². The lowest BCUT2D eigenvalue weighted by Crippen LogP contribution is -2.50. The van der Waals surface area contributed by atoms with Crippen molar-refractivity contribution in [1.82, 2.24) is 9.80 Å². The summed E-state index contributed by atoms with van der Waals surface area (Å²) in [6.07, 6.45) is -6.81. The lowest BCUT2D eigenvalue weighted by atomic mass is 10.1. The van der Waals surface area contributed by atoms with E-state index in [1.807, 2.05) is 15.9 Å². The molecule has 0 radical (unpaired) electrons. The lowest BCUT2D eigenvalue weighted by molar-refractivity contribution is -0.209. The van der Waals surface area contributed by atoms with Crippen molar-refractivity contribution in [2.45, 2.75) is 31.7 Å². The van der Waals surface area contributed by atoms with E-state index in [-0.39, 0.29) is 18.9 Å². The number of benzene rings is 1. The molecule has 2 fully saturated rings. The first-order valence-corrected chi connectivity index (χ1v) is 9.62. The third-order valence-corrected chi connectivity index (χ3v) is 5.27. The topological polar surface area (TPSA) is 36.0 Å². The van der Waals surface area contributed by atoms with Crippen molar-refractivity contribution >= 4 is 11.8 Å². The Balaban J connectivity index is 1.57. The van der Waals surface area contributed by atoms with Gasteiger partial charge in [0, 0.05) is 45.8 Å². The van der Waals surface area contributed by atoms with Gasteiger partial charge in [-0.2, -0.15) is 13.2 Å². The molecule has 0 N–H and O–H groups in total. The molecule has 0 saturated carbocycles. The molecule has 0 bridgehead atoms. The van der Waals surface area contributed by atoms with Crippen LogP contribution >= 0.6 is 0 Å². The maximum absolute atomic E-state index is 14.4. The first-order valence-electron chi connectivity index (χ1n) is 9.62. The van der Waals surface area contributed by atoms with Gasteiger partial charge in [-0.05, 0) is 24.5 Å². The predicted molar refractivity (Wildman–Crippen MR) is 97.0 cm³/mol. The number of carbonyl (C=O) groups excluding carboxylic acids is 1. The molecule has 10 heteroatoms. The van der Waals surface area contributed by atoms with E-state index in [0.29, 0.717) is 25.3 Å². The number of alkyl halides is 4. The average Bonchev–Trinajstić information content (AvgIpc) is 3.20. The molecular formula is C19H24F5N3O2. The molecule has 0 aromatic heterocycles. The molecule has 2 aliphatic rings. The van der Waals surface area contributed by atoms with Crippen LogP contribution in [0.1, 0.15) is 18.4 Å². The number of rotatable bonds is 5. The Bertz CT molecular complexity index is 702. The molecule has 2 saturated heterocycles. The Hall–Kier alpha value is -2.10. The molecule has 3 rings (SSSR count). The van der Waals surface area contributed by atoms with E-state index in [4.69, 9.17) is 0 Å². The summed E-state index contributed by atoms with van der Waals surface area (Å²) in [6.45, 7) is 1.39. The maximum Gasteiger partial charge on any atom is 0.428 e. The Labute approximate surface area is 166 Å². The van der Waals surface area contributed by atoms with Gasteiger partial charge in [-0.1, -0.05) is 12.1 Å². The highest BCUT2D eigenvalue weighted by Crippen LogP contribution is 2.29. The molecule has 0 spiro atoms. The second-order valence-corrected chi connectivity index (χ2v) is 7.27. The summed E-state index contributed by atoms with van der Waals surface area (Å²) in [5.74, 6) is -0.268. The Morgan fingerprint density at radius 3 is 2.31 bits per heavy atom. The Morgan fingerprint density at radius 2 is 1.72 bits per heavy atom. The molecule has 1 aromatic carbocycles. The molecule has 29 heavy (non-hydrogen) atoms. The smallest absolute Gasteiger partial charge is 0.428 e. The number of nitrogens with zero attached hydrogens (tertiary/aromatic N) is 3. The quantitative estimate of drug-likeness (QED) is 0.681. The molecule has 2 aliphatic heterocycles. The molecule has 1 amide bonds. The molecular weight excluding hydrogens is 397 g/mol. The molecule has 2 heterocycles. The third-order valence-electron chi connectivity index (χ3n) is 5.27. The molecule has 162 valence electrons. The van der Waals surface area contributed by atoms with Gasteiger partial charge >= 0.3 is 12.3 Å². The summed E-state index contributed by atoms with van der Waals surface area (Å²) in [7, 11) is 0. The molecule has 1 atom stereocenters. The van der Waals surface area contributed by atoms with Crippen LogP contribution in [0.2, 0.25) is 0 Å². The molecule has 5 nitrogen and oxygen atoms in total. The molecule has 1 unspecified atom stereocenters. The second kappa shape index (κ2) is 9.15. The highest BCUT2D eigenvalue weighted by atomic mass is 19.4. The zero-order valence-corrected chi connectivity index (χ0v) is 15.9. The number of halogens is 5. The summed E-state index contributed by atoms with van der Waals surface area (Å²) in [5, 5.41) is 0. The van der Waals surface area contributed by atoms with Gasteiger partial charge in [-0.15, -0.1) is 0 Å². The average molecular weight is 421 g/mol. The molecule has 0 aliphatic carbocycles. The van der Waals surface area contributed by atoms with Crippen LogP contribution in [0.5, 0.6) is 0 Å². The van der Waals surface area contributed by atoms with Gasteiger partial charge in [-0.3, -0.25) is 4.90 Å². The van der Waals surface area contributed by atoms with E-state index in [0.717, 1.165) is 36.4 Å². The summed E-state index contributed by atoms with van der Waals surface area (Å²) in [5.41, 5.74) is 1.44. The van der Waals surface area contributed by atoms with Crippen LogP contribution in [0.15, 0.2) is 18.2 Å². The number of amides is 1. The number of piperazine rings is 1. The first-order chi connectivity index (χ1) is 13.8. The van der Waals surface area contributed by atoms with Crippen LogP contribution < -0.4 is 4.90 Å². The summed E-state index contributed by atoms with van der Waals surface area (Å²) < 4.78 is 68.9. The van der Waals surface area contributed by atoms with Crippen LogP contribution in [0.3, 0.4) is 0 Å². The third kappa shape index (κ3) is 5.29. The minimum atomic E-state index is -4.93. The summed E-state index contributed by atoms with van der Waals surface area (Å²) in [6, 6.07) is 4.96. The number of anilines is 1. The SMILES string of the molecule is O=C(OC(CF)C(F)(F)F)N1CCN(Cc2cccc(F)c2N2CCCC2)CC1. The van der Waals surface area contributed by atoms with Crippen molar-refractivity contribution in [1.29, 1.82) is 0 Å². The van der Waals surface area contributed by atoms with Crippen molar-refractivity contribution in [3.8, 4) is 0 Å². The Morgan fingerprint density at radius 1 is 1.07 bits per heavy atom. The number of hydrogen-bond acceptors (Lipinski definition) is 4. The zero-order valence-electron chi connectivity index (χ0n) is 15.9. The van der Waals surface area contributed by atoms with Gasteiger partial charge in [0.15, 0.2) is 0 Å². The van der Waals surface area contributed by atoms with Crippen LogP contribution in [-0.2, 0) is 11.3 Å². The predicted octanol–water partition coefficient (Wildman–Crippen LogP) is 3.58. The lowest BCUT2D eigenvalue weighted by Gasteiger charge is -2.35. The van der Waals surface area contributed by atoms with Gasteiger partial charge in [0.2, 0.25) is 6.10 Å². The van der Waals surface area contributed by atoms with E-state index in [1.165, 1.54) is 6.07 Å².